The molecule has 0 spiro atoms. The van der Waals surface area contributed by atoms with Crippen LogP contribution in [0.1, 0.15) is 43.4 Å². The van der Waals surface area contributed by atoms with Crippen LogP contribution in [0.3, 0.4) is 0 Å². The zero-order valence-electron chi connectivity index (χ0n) is 29.0. The minimum Gasteiger partial charge on any atom is -0.478 e. The molecule has 1 unspecified atom stereocenters. The van der Waals surface area contributed by atoms with E-state index in [0.29, 0.717) is 36.3 Å². The summed E-state index contributed by atoms with van der Waals surface area (Å²) in [6, 6.07) is 20.4. The Labute approximate surface area is 314 Å². The summed E-state index contributed by atoms with van der Waals surface area (Å²) in [6.07, 6.45) is 4.13. The van der Waals surface area contributed by atoms with Crippen LogP contribution in [0.2, 0.25) is 5.02 Å². The van der Waals surface area contributed by atoms with Crippen LogP contribution < -0.4 is 5.32 Å². The third-order valence-corrected chi connectivity index (χ3v) is 9.98. The van der Waals surface area contributed by atoms with Gasteiger partial charge in [0, 0.05) is 55.6 Å². The number of aromatic carboxylic acids is 1. The number of tetrazole rings is 1. The number of piperazine rings is 1. The van der Waals surface area contributed by atoms with Gasteiger partial charge in [0.25, 0.3) is 11.8 Å². The van der Waals surface area contributed by atoms with Crippen LogP contribution in [0.4, 0.5) is 10.1 Å². The molecule has 15 heteroatoms. The van der Waals surface area contributed by atoms with Crippen LogP contribution in [0, 0.1) is 5.82 Å². The number of halogens is 2. The van der Waals surface area contributed by atoms with E-state index in [-0.39, 0.29) is 34.3 Å². The monoisotopic (exact) mass is 748 g/mol. The smallest absolute Gasteiger partial charge is 0.335 e. The molecule has 0 aliphatic carbocycles. The van der Waals surface area contributed by atoms with Gasteiger partial charge in [-0.15, -0.1) is 5.10 Å². The second-order valence-electron chi connectivity index (χ2n) is 13.0. The van der Waals surface area contributed by atoms with Crippen LogP contribution in [-0.4, -0.2) is 103 Å². The summed E-state index contributed by atoms with van der Waals surface area (Å²) >= 11 is 6.09. The van der Waals surface area contributed by atoms with Gasteiger partial charge in [-0.2, -0.15) is 4.68 Å². The van der Waals surface area contributed by atoms with E-state index < -0.39 is 29.6 Å². The van der Waals surface area contributed by atoms with Crippen molar-refractivity contribution in [3.05, 3.63) is 130 Å². The summed E-state index contributed by atoms with van der Waals surface area (Å²) < 4.78 is 16.6. The number of carbonyl (C=O) groups is 4. The van der Waals surface area contributed by atoms with Crippen molar-refractivity contribution in [1.29, 1.82) is 0 Å². The summed E-state index contributed by atoms with van der Waals surface area (Å²) in [5.41, 5.74) is 4.32. The van der Waals surface area contributed by atoms with Crippen molar-refractivity contribution in [2.75, 3.05) is 45.1 Å². The first kappa shape index (κ1) is 36.1. The number of anilines is 1. The molecule has 274 valence electrons. The average molecular weight is 749 g/mol. The predicted molar refractivity (Wildman–Crippen MR) is 199 cm³/mol. The third-order valence-electron chi connectivity index (χ3n) is 9.68. The highest BCUT2D eigenvalue weighted by Crippen LogP contribution is 2.37. The lowest BCUT2D eigenvalue weighted by Crippen LogP contribution is -2.47. The SMILES string of the molecule is CN1CCN(C(=O)c2ccc(-c3cccc4c3CCN(C(=O)/C=C/c3c(-n5cnnn5)ccc(Cl)c3F)C4C(=O)Nc3ccc(C(=O)O)cc3)cc2)CC1. The molecule has 2 aliphatic heterocycles. The zero-order chi connectivity index (χ0) is 37.9. The Hall–Kier alpha value is -6.25. The normalized spacial score (nSPS) is 15.9. The number of likely N-dealkylation sites (N-methyl/N-ethyl adjacent to an activating group) is 1. The molecule has 1 atom stereocenters. The lowest BCUT2D eigenvalue weighted by Gasteiger charge is -2.37. The number of hydrogen-bond donors (Lipinski definition) is 2. The minimum atomic E-state index is -1.12. The number of carboxylic acids is 1. The molecule has 1 aromatic heterocycles. The molecule has 13 nitrogen and oxygen atoms in total. The number of nitrogens with one attached hydrogen (secondary N) is 1. The number of fused-ring (bicyclic) bond motifs is 1. The van der Waals surface area contributed by atoms with E-state index in [0.717, 1.165) is 29.8 Å². The molecule has 2 N–H and O–H groups in total. The highest BCUT2D eigenvalue weighted by Gasteiger charge is 2.36. The van der Waals surface area contributed by atoms with Gasteiger partial charge in [-0.25, -0.2) is 9.18 Å². The molecule has 0 bridgehead atoms. The van der Waals surface area contributed by atoms with E-state index in [4.69, 9.17) is 11.6 Å². The molecule has 1 fully saturated rings. The molecule has 2 aliphatic rings. The van der Waals surface area contributed by atoms with Crippen molar-refractivity contribution in [2.24, 2.45) is 0 Å². The molecule has 3 heterocycles. The first-order valence-electron chi connectivity index (χ1n) is 17.1. The highest BCUT2D eigenvalue weighted by atomic mass is 35.5. The van der Waals surface area contributed by atoms with Crippen LogP contribution in [0.25, 0.3) is 22.9 Å². The molecule has 1 saturated heterocycles. The highest BCUT2D eigenvalue weighted by molar-refractivity contribution is 6.31. The lowest BCUT2D eigenvalue weighted by atomic mass is 9.85. The maximum Gasteiger partial charge on any atom is 0.335 e. The summed E-state index contributed by atoms with van der Waals surface area (Å²) in [5.74, 6) is -3.02. The lowest BCUT2D eigenvalue weighted by molar-refractivity contribution is -0.135. The average Bonchev–Trinajstić information content (AvgIpc) is 3.73. The van der Waals surface area contributed by atoms with Gasteiger partial charge >= 0.3 is 5.97 Å². The van der Waals surface area contributed by atoms with E-state index >= 15 is 4.39 Å². The summed E-state index contributed by atoms with van der Waals surface area (Å²) in [4.78, 5) is 58.3. The molecule has 5 aromatic rings. The van der Waals surface area contributed by atoms with Gasteiger partial charge in [0.1, 0.15) is 12.4 Å². The van der Waals surface area contributed by atoms with E-state index in [9.17, 15) is 24.3 Å². The Bertz CT molecular complexity index is 2260. The summed E-state index contributed by atoms with van der Waals surface area (Å²) in [5, 5.41) is 23.0. The Balaban J connectivity index is 1.21. The largest absolute Gasteiger partial charge is 0.478 e. The Kier molecular flexibility index (Phi) is 10.3. The van der Waals surface area contributed by atoms with Gasteiger partial charge in [-0.3, -0.25) is 14.4 Å². The third kappa shape index (κ3) is 7.34. The first-order chi connectivity index (χ1) is 26.1. The van der Waals surface area contributed by atoms with Gasteiger partial charge in [0.05, 0.1) is 16.3 Å². The van der Waals surface area contributed by atoms with Gasteiger partial charge in [0.2, 0.25) is 5.91 Å². The van der Waals surface area contributed by atoms with Crippen LogP contribution in [0.5, 0.6) is 0 Å². The number of hydrogen-bond acceptors (Lipinski definition) is 8. The number of amides is 3. The van der Waals surface area contributed by atoms with Gasteiger partial charge in [0.15, 0.2) is 5.82 Å². The molecule has 4 aromatic carbocycles. The van der Waals surface area contributed by atoms with E-state index in [1.807, 2.05) is 48.3 Å². The van der Waals surface area contributed by atoms with Gasteiger partial charge in [-0.1, -0.05) is 41.9 Å². The molecule has 0 saturated carbocycles. The maximum atomic E-state index is 15.3. The van der Waals surface area contributed by atoms with E-state index in [2.05, 4.69) is 25.7 Å². The van der Waals surface area contributed by atoms with Crippen LogP contribution in [0.15, 0.2) is 91.3 Å². The second kappa shape index (κ2) is 15.4. The molecule has 7 rings (SSSR count). The van der Waals surface area contributed by atoms with E-state index in [1.54, 1.807) is 6.07 Å². The van der Waals surface area contributed by atoms with Crippen molar-refractivity contribution in [2.45, 2.75) is 12.5 Å². The molecular weight excluding hydrogens is 715 g/mol. The fraction of sp³-hybridized carbons (Fsp3) is 0.205. The number of carboxylic acid groups (broad SMARTS) is 1. The first-order valence-corrected chi connectivity index (χ1v) is 17.5. The predicted octanol–water partition coefficient (Wildman–Crippen LogP) is 4.99. The fourth-order valence-corrected chi connectivity index (χ4v) is 6.95. The summed E-state index contributed by atoms with van der Waals surface area (Å²) in [7, 11) is 2.03. The number of aromatic nitrogens is 4. The second-order valence-corrected chi connectivity index (χ2v) is 13.4. The number of rotatable bonds is 8. The topological polar surface area (TPSA) is 154 Å². The maximum absolute atomic E-state index is 15.3. The van der Waals surface area contributed by atoms with Crippen LogP contribution >= 0.6 is 11.6 Å². The number of carbonyl (C=O) groups excluding carboxylic acids is 3. The Morgan fingerprint density at radius 2 is 1.63 bits per heavy atom. The number of benzene rings is 4. The van der Waals surface area contributed by atoms with Crippen LogP contribution in [-0.2, 0) is 16.0 Å². The van der Waals surface area contributed by atoms with Crippen molar-refractivity contribution >= 4 is 47.1 Å². The quantitative estimate of drug-likeness (QED) is 0.209. The standard InChI is InChI=1S/C39H34ClFN8O5/c1-46-19-21-47(22-20-46)38(52)25-7-5-24(6-8-25)28-3-2-4-30-29(28)17-18-48(36(30)37(51)43-27-11-9-26(10-12-27)39(53)54)34(50)16-13-31-33(49-23-42-44-45-49)15-14-32(40)35(31)41/h2-16,23,36H,17-22H2,1H3,(H,43,51)(H,53,54)/b16-13+. The van der Waals surface area contributed by atoms with Crippen molar-refractivity contribution in [3.63, 3.8) is 0 Å². The van der Waals surface area contributed by atoms with Crippen molar-refractivity contribution < 1.29 is 28.7 Å². The molecular formula is C39H34ClFN8O5. The Morgan fingerprint density at radius 1 is 0.907 bits per heavy atom. The zero-order valence-corrected chi connectivity index (χ0v) is 29.8. The number of nitrogens with zero attached hydrogens (tertiary/aromatic N) is 7. The van der Waals surface area contributed by atoms with Gasteiger partial charge in [-0.05, 0) is 101 Å². The Morgan fingerprint density at radius 3 is 2.31 bits per heavy atom. The minimum absolute atomic E-state index is 0.0252. The van der Waals surface area contributed by atoms with E-state index in [1.165, 1.54) is 64.5 Å². The van der Waals surface area contributed by atoms with Gasteiger partial charge < -0.3 is 25.1 Å². The molecule has 3 amide bonds. The molecule has 0 radical (unpaired) electrons. The molecule has 54 heavy (non-hydrogen) atoms. The van der Waals surface area contributed by atoms with Crippen molar-refractivity contribution in [1.82, 2.24) is 34.9 Å². The summed E-state index contributed by atoms with van der Waals surface area (Å²) in [6.45, 7) is 3.10. The fourth-order valence-electron chi connectivity index (χ4n) is 6.79. The van der Waals surface area contributed by atoms with Crippen molar-refractivity contribution in [3.8, 4) is 16.8 Å².